The second kappa shape index (κ2) is 7.61. The Kier molecular flexibility index (Phi) is 5.48. The highest BCUT2D eigenvalue weighted by atomic mass is 32.1. The van der Waals surface area contributed by atoms with E-state index in [1.807, 2.05) is 31.2 Å². The smallest absolute Gasteiger partial charge is 0.364 e. The molecule has 0 amide bonds. The molecule has 134 valence electrons. The van der Waals surface area contributed by atoms with E-state index in [4.69, 9.17) is 17.0 Å². The number of hydrogen-bond acceptors (Lipinski definition) is 7. The minimum absolute atomic E-state index is 0.314. The van der Waals surface area contributed by atoms with Gasteiger partial charge in [0.1, 0.15) is 12.6 Å². The molecule has 3 atom stereocenters. The summed E-state index contributed by atoms with van der Waals surface area (Å²) in [5, 5.41) is 18.4. The van der Waals surface area contributed by atoms with Crippen molar-refractivity contribution in [1.82, 2.24) is 9.78 Å². The predicted octanol–water partition coefficient (Wildman–Crippen LogP) is 0.875. The van der Waals surface area contributed by atoms with Crippen LogP contribution in [0.1, 0.15) is 12.0 Å². The van der Waals surface area contributed by atoms with Crippen LogP contribution in [0.15, 0.2) is 24.3 Å². The van der Waals surface area contributed by atoms with E-state index < -0.39 is 12.1 Å². The highest BCUT2D eigenvalue weighted by Gasteiger charge is 2.41. The summed E-state index contributed by atoms with van der Waals surface area (Å²) in [4.78, 5) is 12.8. The van der Waals surface area contributed by atoms with Gasteiger partial charge in [-0.15, -0.1) is 5.10 Å². The molecule has 0 radical (unpaired) electrons. The Morgan fingerprint density at radius 2 is 2.40 bits per heavy atom. The van der Waals surface area contributed by atoms with Crippen LogP contribution in [0.2, 0.25) is 0 Å². The van der Waals surface area contributed by atoms with Crippen molar-refractivity contribution < 1.29 is 19.5 Å². The molecular formula is C16H21N4O3S2+. The van der Waals surface area contributed by atoms with E-state index in [1.54, 1.807) is 4.68 Å². The Morgan fingerprint density at radius 3 is 3.12 bits per heavy atom. The summed E-state index contributed by atoms with van der Waals surface area (Å²) < 4.78 is 7.15. The number of aliphatic hydroxyl groups excluding tert-OH is 1. The van der Waals surface area contributed by atoms with Crippen molar-refractivity contribution in [3.05, 3.63) is 33.8 Å². The van der Waals surface area contributed by atoms with Gasteiger partial charge in [0, 0.05) is 12.1 Å². The molecule has 25 heavy (non-hydrogen) atoms. The molecule has 3 N–H and O–H groups in total. The Balaban J connectivity index is 1.74. The van der Waals surface area contributed by atoms with Crippen molar-refractivity contribution in [3.8, 4) is 0 Å². The molecule has 0 bridgehead atoms. The first kappa shape index (κ1) is 18.0. The van der Waals surface area contributed by atoms with Gasteiger partial charge < -0.3 is 20.1 Å². The molecule has 1 unspecified atom stereocenters. The minimum atomic E-state index is -0.517. The lowest BCUT2D eigenvalue weighted by Crippen LogP contribution is -3.14. The first-order chi connectivity index (χ1) is 12.0. The minimum Gasteiger partial charge on any atom is -0.465 e. The largest absolute Gasteiger partial charge is 0.465 e. The van der Waals surface area contributed by atoms with E-state index >= 15 is 0 Å². The lowest BCUT2D eigenvalue weighted by Gasteiger charge is -2.18. The maximum atomic E-state index is 11.9. The summed E-state index contributed by atoms with van der Waals surface area (Å²) in [6.07, 6.45) is -0.120. The van der Waals surface area contributed by atoms with Crippen LogP contribution in [0.5, 0.6) is 0 Å². The van der Waals surface area contributed by atoms with Gasteiger partial charge in [-0.2, -0.15) is 4.68 Å². The molecule has 0 spiro atoms. The van der Waals surface area contributed by atoms with Crippen LogP contribution in [-0.2, 0) is 16.2 Å². The molecule has 1 aliphatic rings. The molecule has 7 nitrogen and oxygen atoms in total. The number of nitrogens with one attached hydrogen (secondary N) is 2. The third kappa shape index (κ3) is 4.24. The molecule has 1 aromatic heterocycles. The van der Waals surface area contributed by atoms with E-state index in [0.717, 1.165) is 16.2 Å². The number of carbonyl (C=O) groups excluding carboxylic acids is 1. The number of benzene rings is 1. The van der Waals surface area contributed by atoms with Gasteiger partial charge in [0.25, 0.3) is 0 Å². The zero-order chi connectivity index (χ0) is 18.0. The van der Waals surface area contributed by atoms with E-state index in [1.165, 1.54) is 18.4 Å². The molecule has 3 rings (SSSR count). The second-order valence-electron chi connectivity index (χ2n) is 6.15. The van der Waals surface area contributed by atoms with Crippen LogP contribution in [0.3, 0.4) is 0 Å². The summed E-state index contributed by atoms with van der Waals surface area (Å²) in [6, 6.07) is 7.61. The fourth-order valence-corrected chi connectivity index (χ4v) is 4.07. The monoisotopic (exact) mass is 381 g/mol. The predicted molar refractivity (Wildman–Crippen MR) is 97.7 cm³/mol. The number of nitrogens with zero attached hydrogens (tertiary/aromatic N) is 2. The van der Waals surface area contributed by atoms with Crippen LogP contribution in [0.25, 0.3) is 0 Å². The van der Waals surface area contributed by atoms with Crippen molar-refractivity contribution in [3.63, 3.8) is 0 Å². The number of aromatic nitrogens is 2. The quantitative estimate of drug-likeness (QED) is 0.527. The van der Waals surface area contributed by atoms with Gasteiger partial charge in [0.15, 0.2) is 16.7 Å². The van der Waals surface area contributed by atoms with Crippen LogP contribution in [0, 0.1) is 10.9 Å². The molecule has 1 aromatic carbocycles. The Hall–Kier alpha value is -1.81. The molecule has 1 fully saturated rings. The third-order valence-electron chi connectivity index (χ3n) is 4.21. The molecule has 0 saturated carbocycles. The maximum absolute atomic E-state index is 11.9. The summed E-state index contributed by atoms with van der Waals surface area (Å²) in [6.45, 7) is 2.92. The fourth-order valence-electron chi connectivity index (χ4n) is 3.04. The van der Waals surface area contributed by atoms with Crippen molar-refractivity contribution in [2.24, 2.45) is 0 Å². The van der Waals surface area contributed by atoms with E-state index in [2.05, 4.69) is 10.4 Å². The number of esters is 1. The van der Waals surface area contributed by atoms with Crippen molar-refractivity contribution in [1.29, 1.82) is 0 Å². The number of ether oxygens (including phenoxy) is 1. The maximum Gasteiger partial charge on any atom is 0.364 e. The SMILES string of the molecule is COC(=O)[C@@H]1C[C@@H](O)C[NH+]1Cn1nc(Nc2cccc(C)c2)sc1=S. The summed E-state index contributed by atoms with van der Waals surface area (Å²) in [5.74, 6) is -0.314. The summed E-state index contributed by atoms with van der Waals surface area (Å²) in [7, 11) is 1.36. The molecule has 9 heteroatoms. The first-order valence-corrected chi connectivity index (χ1v) is 9.21. The van der Waals surface area contributed by atoms with Crippen molar-refractivity contribution in [2.45, 2.75) is 32.2 Å². The van der Waals surface area contributed by atoms with Crippen molar-refractivity contribution in [2.75, 3.05) is 19.0 Å². The zero-order valence-electron chi connectivity index (χ0n) is 14.1. The van der Waals surface area contributed by atoms with E-state index in [9.17, 15) is 9.90 Å². The number of methoxy groups -OCH3 is 1. The highest BCUT2D eigenvalue weighted by Crippen LogP contribution is 2.20. The molecular weight excluding hydrogens is 360 g/mol. The Labute approximate surface area is 154 Å². The highest BCUT2D eigenvalue weighted by molar-refractivity contribution is 7.73. The molecule has 1 saturated heterocycles. The number of quaternary nitrogens is 1. The van der Waals surface area contributed by atoms with Crippen molar-refractivity contribution >= 4 is 40.3 Å². The van der Waals surface area contributed by atoms with Crippen LogP contribution >= 0.6 is 23.6 Å². The average Bonchev–Trinajstić information content (AvgIpc) is 3.09. The van der Waals surface area contributed by atoms with Crippen LogP contribution in [-0.4, -0.2) is 46.7 Å². The second-order valence-corrected chi connectivity index (χ2v) is 7.78. The number of anilines is 2. The normalized spacial score (nSPS) is 22.8. The topological polar surface area (TPSA) is 80.8 Å². The summed E-state index contributed by atoms with van der Waals surface area (Å²) >= 11 is 6.78. The average molecular weight is 382 g/mol. The number of aliphatic hydroxyl groups is 1. The Bertz CT molecular complexity index is 820. The van der Waals surface area contributed by atoms with Gasteiger partial charge >= 0.3 is 5.97 Å². The zero-order valence-corrected chi connectivity index (χ0v) is 15.7. The van der Waals surface area contributed by atoms with Crippen LogP contribution < -0.4 is 10.2 Å². The van der Waals surface area contributed by atoms with Gasteiger partial charge in [0.2, 0.25) is 5.13 Å². The summed E-state index contributed by atoms with van der Waals surface area (Å²) in [5.41, 5.74) is 2.11. The van der Waals surface area contributed by atoms with E-state index in [-0.39, 0.29) is 5.97 Å². The van der Waals surface area contributed by atoms with Gasteiger partial charge in [-0.05, 0) is 36.8 Å². The van der Waals surface area contributed by atoms with Gasteiger partial charge in [-0.25, -0.2) is 4.79 Å². The fraction of sp³-hybridized carbons (Fsp3) is 0.438. The number of aryl methyl sites for hydroxylation is 1. The van der Waals surface area contributed by atoms with Crippen LogP contribution in [0.4, 0.5) is 10.8 Å². The molecule has 1 aliphatic heterocycles. The van der Waals surface area contributed by atoms with Gasteiger partial charge in [0.05, 0.1) is 7.11 Å². The first-order valence-electron chi connectivity index (χ1n) is 7.98. The lowest BCUT2D eigenvalue weighted by molar-refractivity contribution is -0.928. The third-order valence-corrected chi connectivity index (χ3v) is 5.44. The molecule has 2 heterocycles. The standard InChI is InChI=1S/C16H20N4O3S2/c1-10-4-3-5-11(6-10)17-15-18-20(16(24)25-15)9-19-8-12(21)7-13(19)14(22)23-2/h3-6,12-13,21H,7-9H2,1-2H3,(H,17,18)/p+1/t12-,13+/m1/s1. The van der Waals surface area contributed by atoms with Gasteiger partial charge in [-0.3, -0.25) is 0 Å². The number of hydrogen-bond donors (Lipinski definition) is 3. The van der Waals surface area contributed by atoms with Gasteiger partial charge in [-0.1, -0.05) is 23.5 Å². The number of carbonyl (C=O) groups is 1. The number of likely N-dealkylation sites (tertiary alicyclic amines) is 1. The number of rotatable bonds is 5. The van der Waals surface area contributed by atoms with E-state index in [0.29, 0.717) is 28.7 Å². The Morgan fingerprint density at radius 1 is 1.60 bits per heavy atom. The lowest BCUT2D eigenvalue weighted by atomic mass is 10.2. The molecule has 2 aromatic rings. The molecule has 0 aliphatic carbocycles.